The summed E-state index contributed by atoms with van der Waals surface area (Å²) in [7, 11) is -4.03. The lowest BCUT2D eigenvalue weighted by Gasteiger charge is -2.04. The number of sulfone groups is 1. The minimum atomic E-state index is -4.03. The van der Waals surface area contributed by atoms with Gasteiger partial charge in [-0.15, -0.1) is 0 Å². The van der Waals surface area contributed by atoms with E-state index < -0.39 is 35.3 Å². The molecule has 0 aromatic heterocycles. The summed E-state index contributed by atoms with van der Waals surface area (Å²) in [5.41, 5.74) is -0.727. The van der Waals surface area contributed by atoms with Crippen LogP contribution in [-0.4, -0.2) is 22.6 Å². The third kappa shape index (κ3) is 2.37. The molecule has 0 radical (unpaired) electrons. The number of halogens is 2. The first kappa shape index (κ1) is 13.0. The first-order valence-corrected chi connectivity index (χ1v) is 6.18. The van der Waals surface area contributed by atoms with Gasteiger partial charge in [-0.25, -0.2) is 8.42 Å². The molecule has 0 aliphatic carbocycles. The minimum absolute atomic E-state index is 0.424. The molecule has 0 heterocycles. The molecule has 16 heavy (non-hydrogen) atoms. The molecule has 0 aliphatic heterocycles. The number of phenols is 1. The lowest BCUT2D eigenvalue weighted by atomic mass is 10.3. The summed E-state index contributed by atoms with van der Waals surface area (Å²) in [6, 6.07) is 2.57. The lowest BCUT2D eigenvalue weighted by Crippen LogP contribution is -2.09. The number of alkyl halides is 2. The second-order valence-corrected chi connectivity index (χ2v) is 6.36. The van der Waals surface area contributed by atoms with E-state index in [0.29, 0.717) is 6.07 Å². The second-order valence-electron chi connectivity index (χ2n) is 2.71. The maximum absolute atomic E-state index is 11.4. The van der Waals surface area contributed by atoms with Crippen molar-refractivity contribution in [2.24, 2.45) is 0 Å². The van der Waals surface area contributed by atoms with Gasteiger partial charge in [-0.05, 0) is 12.1 Å². The van der Waals surface area contributed by atoms with Crippen molar-refractivity contribution in [3.05, 3.63) is 28.3 Å². The fraction of sp³-hybridized carbons (Fsp3) is 0.143. The molecule has 1 aromatic rings. The lowest BCUT2D eigenvalue weighted by molar-refractivity contribution is -0.386. The molecule has 0 fully saturated rings. The quantitative estimate of drug-likeness (QED) is 0.519. The van der Waals surface area contributed by atoms with Crippen molar-refractivity contribution in [2.45, 2.75) is 9.06 Å². The van der Waals surface area contributed by atoms with E-state index in [1.54, 1.807) is 0 Å². The van der Waals surface area contributed by atoms with Gasteiger partial charge in [-0.2, -0.15) is 0 Å². The summed E-state index contributed by atoms with van der Waals surface area (Å²) < 4.78 is 21.2. The highest BCUT2D eigenvalue weighted by Gasteiger charge is 2.26. The van der Waals surface area contributed by atoms with Crippen LogP contribution in [0.1, 0.15) is 0 Å². The predicted molar refractivity (Wildman–Crippen MR) is 57.4 cm³/mol. The molecule has 0 amide bonds. The standard InChI is InChI=1S/C7H5Cl2NO5S/c8-7(9)16(14,15)4-1-2-6(11)5(3-4)10(12)13/h1-3,7,11H. The fourth-order valence-corrected chi connectivity index (χ4v) is 2.29. The molecule has 88 valence electrons. The number of phenolic OH excluding ortho intramolecular Hbond substituents is 1. The van der Waals surface area contributed by atoms with Crippen molar-refractivity contribution in [2.75, 3.05) is 0 Å². The second kappa shape index (κ2) is 4.44. The zero-order chi connectivity index (χ0) is 12.5. The van der Waals surface area contributed by atoms with Gasteiger partial charge < -0.3 is 5.11 Å². The van der Waals surface area contributed by atoms with Crippen molar-refractivity contribution in [3.8, 4) is 5.75 Å². The smallest absolute Gasteiger partial charge is 0.311 e. The van der Waals surface area contributed by atoms with Crippen LogP contribution in [0.2, 0.25) is 0 Å². The number of nitro groups is 1. The Kier molecular flexibility index (Phi) is 3.61. The molecule has 0 saturated heterocycles. The molecular weight excluding hydrogens is 281 g/mol. The van der Waals surface area contributed by atoms with Gasteiger partial charge in [0.25, 0.3) is 0 Å². The molecule has 0 atom stereocenters. The zero-order valence-corrected chi connectivity index (χ0v) is 9.83. The highest BCUT2D eigenvalue weighted by molar-refractivity contribution is 7.94. The van der Waals surface area contributed by atoms with E-state index in [1.807, 2.05) is 0 Å². The first-order valence-electron chi connectivity index (χ1n) is 3.76. The number of nitro benzene ring substituents is 1. The average Bonchev–Trinajstić information content (AvgIpc) is 2.17. The third-order valence-electron chi connectivity index (χ3n) is 1.71. The van der Waals surface area contributed by atoms with Crippen molar-refractivity contribution in [1.82, 2.24) is 0 Å². The van der Waals surface area contributed by atoms with Gasteiger partial charge in [0.1, 0.15) is 0 Å². The highest BCUT2D eigenvalue weighted by atomic mass is 35.5. The van der Waals surface area contributed by atoms with Crippen LogP contribution in [0.4, 0.5) is 5.69 Å². The first-order chi connectivity index (χ1) is 7.26. The number of aromatic hydroxyl groups is 1. The summed E-state index contributed by atoms with van der Waals surface area (Å²) in [5, 5.41) is 19.6. The van der Waals surface area contributed by atoms with E-state index in [4.69, 9.17) is 28.3 Å². The molecule has 1 N–H and O–H groups in total. The van der Waals surface area contributed by atoms with Crippen molar-refractivity contribution in [3.63, 3.8) is 0 Å². The summed E-state index contributed by atoms with van der Waals surface area (Å²) in [4.78, 5) is 9.12. The molecule has 9 heteroatoms. The van der Waals surface area contributed by atoms with Crippen LogP contribution in [0.3, 0.4) is 0 Å². The van der Waals surface area contributed by atoms with Crippen molar-refractivity contribution in [1.29, 1.82) is 0 Å². The van der Waals surface area contributed by atoms with Gasteiger partial charge in [0.2, 0.25) is 14.0 Å². The summed E-state index contributed by atoms with van der Waals surface area (Å²) in [5.74, 6) is -0.635. The van der Waals surface area contributed by atoms with E-state index in [9.17, 15) is 18.5 Å². The highest BCUT2D eigenvalue weighted by Crippen LogP contribution is 2.31. The Balaban J connectivity index is 3.40. The van der Waals surface area contributed by atoms with Crippen LogP contribution in [0.15, 0.2) is 23.1 Å². The molecule has 0 saturated carbocycles. The van der Waals surface area contributed by atoms with E-state index in [0.717, 1.165) is 12.1 Å². The number of benzene rings is 1. The van der Waals surface area contributed by atoms with Gasteiger partial charge in [0.05, 0.1) is 9.82 Å². The topological polar surface area (TPSA) is 97.5 Å². The largest absolute Gasteiger partial charge is 0.502 e. The van der Waals surface area contributed by atoms with Gasteiger partial charge in [-0.1, -0.05) is 23.2 Å². The van der Waals surface area contributed by atoms with E-state index in [-0.39, 0.29) is 0 Å². The van der Waals surface area contributed by atoms with Gasteiger partial charge in [0.15, 0.2) is 5.75 Å². The number of hydrogen-bond donors (Lipinski definition) is 1. The Morgan fingerprint density at radius 1 is 1.38 bits per heavy atom. The normalized spacial score (nSPS) is 11.7. The zero-order valence-electron chi connectivity index (χ0n) is 7.50. The minimum Gasteiger partial charge on any atom is -0.502 e. The summed E-state index contributed by atoms with van der Waals surface area (Å²) >= 11 is 10.4. The molecule has 0 unspecified atom stereocenters. The number of nitrogens with zero attached hydrogens (tertiary/aromatic N) is 1. The fourth-order valence-electron chi connectivity index (χ4n) is 0.929. The Morgan fingerprint density at radius 2 is 1.94 bits per heavy atom. The molecule has 6 nitrogen and oxygen atoms in total. The molecular formula is C7H5Cl2NO5S. The predicted octanol–water partition coefficient (Wildman–Crippen LogP) is 1.84. The maximum Gasteiger partial charge on any atom is 0.311 e. The van der Waals surface area contributed by atoms with Crippen LogP contribution in [0, 0.1) is 10.1 Å². The summed E-state index contributed by atoms with van der Waals surface area (Å²) in [6.45, 7) is 0. The van der Waals surface area contributed by atoms with Crippen LogP contribution >= 0.6 is 23.2 Å². The van der Waals surface area contributed by atoms with E-state index in [1.165, 1.54) is 0 Å². The Labute approximate surface area is 100 Å². The monoisotopic (exact) mass is 285 g/mol. The summed E-state index contributed by atoms with van der Waals surface area (Å²) in [6.07, 6.45) is 0. The molecule has 1 rings (SSSR count). The van der Waals surface area contributed by atoms with Crippen LogP contribution in [0.25, 0.3) is 0 Å². The number of rotatable bonds is 3. The molecule has 0 spiro atoms. The molecule has 0 bridgehead atoms. The van der Waals surface area contributed by atoms with Gasteiger partial charge in [0, 0.05) is 6.07 Å². The van der Waals surface area contributed by atoms with E-state index in [2.05, 4.69) is 0 Å². The maximum atomic E-state index is 11.4. The average molecular weight is 286 g/mol. The van der Waals surface area contributed by atoms with Crippen LogP contribution < -0.4 is 0 Å². The van der Waals surface area contributed by atoms with Crippen LogP contribution in [-0.2, 0) is 9.84 Å². The molecule has 0 aliphatic rings. The Morgan fingerprint density at radius 3 is 2.38 bits per heavy atom. The van der Waals surface area contributed by atoms with E-state index >= 15 is 0 Å². The number of hydrogen-bond acceptors (Lipinski definition) is 5. The van der Waals surface area contributed by atoms with Crippen molar-refractivity contribution < 1.29 is 18.4 Å². The van der Waals surface area contributed by atoms with Crippen molar-refractivity contribution >= 4 is 38.7 Å². The molecule has 1 aromatic carbocycles. The Bertz CT molecular complexity index is 528. The Hall–Kier alpha value is -1.05. The van der Waals surface area contributed by atoms with Gasteiger partial charge in [-0.3, -0.25) is 10.1 Å². The van der Waals surface area contributed by atoms with Crippen LogP contribution in [0.5, 0.6) is 5.75 Å². The third-order valence-corrected chi connectivity index (χ3v) is 4.49. The van der Waals surface area contributed by atoms with Gasteiger partial charge >= 0.3 is 5.69 Å². The SMILES string of the molecule is O=[N+]([O-])c1cc(S(=O)(=O)C(Cl)Cl)ccc1O.